The lowest BCUT2D eigenvalue weighted by molar-refractivity contribution is -0.141. The van der Waals surface area contributed by atoms with E-state index < -0.39 is 11.9 Å². The average Bonchev–Trinajstić information content (AvgIpc) is 2.43. The molecule has 0 amide bonds. The molecular formula is C16H17F3N4. The normalized spacial score (nSPS) is 12.3. The zero-order chi connectivity index (χ0) is 17.0. The Bertz CT molecular complexity index is 703. The van der Waals surface area contributed by atoms with Crippen molar-refractivity contribution in [2.45, 2.75) is 26.6 Å². The van der Waals surface area contributed by atoms with E-state index in [1.807, 2.05) is 32.0 Å². The van der Waals surface area contributed by atoms with Crippen molar-refractivity contribution < 1.29 is 13.2 Å². The van der Waals surface area contributed by atoms with Gasteiger partial charge in [-0.15, -0.1) is 0 Å². The van der Waals surface area contributed by atoms with Gasteiger partial charge >= 0.3 is 6.18 Å². The first kappa shape index (κ1) is 16.8. The zero-order valence-electron chi connectivity index (χ0n) is 12.8. The number of halogens is 3. The van der Waals surface area contributed by atoms with Crippen LogP contribution in [0.1, 0.15) is 22.4 Å². The van der Waals surface area contributed by atoms with Crippen LogP contribution >= 0.6 is 0 Å². The minimum Gasteiger partial charge on any atom is -0.370 e. The van der Waals surface area contributed by atoms with Gasteiger partial charge in [-0.2, -0.15) is 13.2 Å². The predicted molar refractivity (Wildman–Crippen MR) is 84.1 cm³/mol. The highest BCUT2D eigenvalue weighted by Crippen LogP contribution is 2.27. The van der Waals surface area contributed by atoms with Crippen LogP contribution in [0.2, 0.25) is 0 Å². The smallest absolute Gasteiger partial charge is 0.370 e. The Balaban J connectivity index is 2.07. The van der Waals surface area contributed by atoms with Crippen molar-refractivity contribution in [3.05, 3.63) is 58.9 Å². The van der Waals surface area contributed by atoms with E-state index in [9.17, 15) is 13.2 Å². The number of aryl methyl sites for hydroxylation is 2. The number of alkyl halides is 3. The maximum absolute atomic E-state index is 12.6. The van der Waals surface area contributed by atoms with Gasteiger partial charge in [0.2, 0.25) is 0 Å². The van der Waals surface area contributed by atoms with E-state index in [1.54, 1.807) is 0 Å². The van der Waals surface area contributed by atoms with E-state index in [-0.39, 0.29) is 12.5 Å². The summed E-state index contributed by atoms with van der Waals surface area (Å²) in [5.41, 5.74) is 8.16. The van der Waals surface area contributed by atoms with Crippen LogP contribution in [-0.4, -0.2) is 10.9 Å². The molecule has 1 heterocycles. The Labute approximate surface area is 132 Å². The largest absolute Gasteiger partial charge is 0.433 e. The Hall–Kier alpha value is -2.57. The number of hydrogen-bond acceptors (Lipinski definition) is 2. The summed E-state index contributed by atoms with van der Waals surface area (Å²) >= 11 is 0. The Morgan fingerprint density at radius 2 is 1.83 bits per heavy atom. The predicted octanol–water partition coefficient (Wildman–Crippen LogP) is 3.64. The van der Waals surface area contributed by atoms with Gasteiger partial charge in [0, 0.05) is 11.9 Å². The van der Waals surface area contributed by atoms with Crippen LogP contribution in [0.5, 0.6) is 0 Å². The number of nitrogens with two attached hydrogens (primary N) is 1. The number of rotatable bonds is 3. The molecule has 23 heavy (non-hydrogen) atoms. The lowest BCUT2D eigenvalue weighted by Gasteiger charge is -2.09. The molecule has 0 saturated carbocycles. The van der Waals surface area contributed by atoms with E-state index in [4.69, 9.17) is 5.73 Å². The topological polar surface area (TPSA) is 63.3 Å². The standard InChI is InChI=1S/C16H17F3N4/c1-10-5-11(2)7-13(6-10)23-15(20)22-9-12-3-4-21-14(8-12)16(17,18)19/h3-8H,9H2,1-2H3,(H3,20,22,23). The van der Waals surface area contributed by atoms with Crippen LogP contribution in [0, 0.1) is 13.8 Å². The number of pyridine rings is 1. The van der Waals surface area contributed by atoms with Gasteiger partial charge in [-0.3, -0.25) is 4.98 Å². The van der Waals surface area contributed by atoms with Crippen molar-refractivity contribution in [2.24, 2.45) is 10.7 Å². The number of aromatic nitrogens is 1. The highest BCUT2D eigenvalue weighted by Gasteiger charge is 2.32. The molecule has 0 saturated heterocycles. The highest BCUT2D eigenvalue weighted by molar-refractivity contribution is 5.92. The fourth-order valence-electron chi connectivity index (χ4n) is 2.14. The second kappa shape index (κ2) is 6.68. The van der Waals surface area contributed by atoms with Gasteiger partial charge in [0.25, 0.3) is 0 Å². The van der Waals surface area contributed by atoms with Gasteiger partial charge in [-0.1, -0.05) is 6.07 Å². The minimum absolute atomic E-state index is 0.0369. The molecule has 0 bridgehead atoms. The van der Waals surface area contributed by atoms with E-state index >= 15 is 0 Å². The monoisotopic (exact) mass is 322 g/mol. The number of nitrogens with zero attached hydrogens (tertiary/aromatic N) is 2. The molecule has 2 aromatic rings. The van der Waals surface area contributed by atoms with Crippen molar-refractivity contribution in [1.82, 2.24) is 4.98 Å². The fraction of sp³-hybridized carbons (Fsp3) is 0.250. The van der Waals surface area contributed by atoms with Crippen molar-refractivity contribution in [2.75, 3.05) is 5.32 Å². The van der Waals surface area contributed by atoms with Crippen molar-refractivity contribution in [3.63, 3.8) is 0 Å². The first-order valence-corrected chi connectivity index (χ1v) is 6.91. The molecule has 2 rings (SSSR count). The lowest BCUT2D eigenvalue weighted by atomic mass is 10.1. The quantitative estimate of drug-likeness (QED) is 0.670. The van der Waals surface area contributed by atoms with Gasteiger partial charge in [-0.25, -0.2) is 4.99 Å². The molecule has 0 spiro atoms. The summed E-state index contributed by atoms with van der Waals surface area (Å²) in [6, 6.07) is 8.28. The molecule has 3 N–H and O–H groups in total. The molecule has 0 aliphatic carbocycles. The molecule has 7 heteroatoms. The molecule has 122 valence electrons. The van der Waals surface area contributed by atoms with Crippen LogP contribution < -0.4 is 11.1 Å². The van der Waals surface area contributed by atoms with Crippen molar-refractivity contribution >= 4 is 11.6 Å². The Morgan fingerprint density at radius 3 is 2.43 bits per heavy atom. The van der Waals surface area contributed by atoms with Crippen LogP contribution in [0.3, 0.4) is 0 Å². The molecule has 1 aromatic heterocycles. The Morgan fingerprint density at radius 1 is 1.17 bits per heavy atom. The van der Waals surface area contributed by atoms with Gasteiger partial charge < -0.3 is 11.1 Å². The van der Waals surface area contributed by atoms with E-state index in [1.165, 1.54) is 6.07 Å². The van der Waals surface area contributed by atoms with Gasteiger partial charge in [0.15, 0.2) is 5.96 Å². The Kier molecular flexibility index (Phi) is 4.88. The second-order valence-electron chi connectivity index (χ2n) is 5.25. The van der Waals surface area contributed by atoms with Crippen LogP contribution in [0.25, 0.3) is 0 Å². The van der Waals surface area contributed by atoms with Crippen molar-refractivity contribution in [1.29, 1.82) is 0 Å². The molecule has 0 unspecified atom stereocenters. The number of hydrogen-bond donors (Lipinski definition) is 2. The van der Waals surface area contributed by atoms with Gasteiger partial charge in [-0.05, 0) is 54.8 Å². The van der Waals surface area contributed by atoms with Crippen molar-refractivity contribution in [3.8, 4) is 0 Å². The number of benzene rings is 1. The molecular weight excluding hydrogens is 305 g/mol. The summed E-state index contributed by atoms with van der Waals surface area (Å²) in [7, 11) is 0. The van der Waals surface area contributed by atoms with Crippen LogP contribution in [0.4, 0.5) is 18.9 Å². The SMILES string of the molecule is Cc1cc(C)cc(NC(N)=NCc2ccnc(C(F)(F)F)c2)c1. The molecule has 0 atom stereocenters. The summed E-state index contributed by atoms with van der Waals surface area (Å²) < 4.78 is 37.8. The summed E-state index contributed by atoms with van der Waals surface area (Å²) in [4.78, 5) is 7.36. The highest BCUT2D eigenvalue weighted by atomic mass is 19.4. The fourth-order valence-corrected chi connectivity index (χ4v) is 2.14. The third-order valence-electron chi connectivity index (χ3n) is 3.04. The van der Waals surface area contributed by atoms with Gasteiger partial charge in [0.1, 0.15) is 5.69 Å². The number of nitrogens with one attached hydrogen (secondary N) is 1. The van der Waals surface area contributed by atoms with E-state index in [0.717, 1.165) is 29.1 Å². The third kappa shape index (κ3) is 4.98. The minimum atomic E-state index is -4.47. The number of anilines is 1. The number of aliphatic imine (C=N–C) groups is 1. The first-order valence-electron chi connectivity index (χ1n) is 6.91. The first-order chi connectivity index (χ1) is 10.7. The molecule has 0 aliphatic heterocycles. The summed E-state index contributed by atoms with van der Waals surface area (Å²) in [5.74, 6) is 0.139. The van der Waals surface area contributed by atoms with E-state index in [2.05, 4.69) is 15.3 Å². The van der Waals surface area contributed by atoms with Crippen LogP contribution in [-0.2, 0) is 12.7 Å². The molecule has 4 nitrogen and oxygen atoms in total. The second-order valence-corrected chi connectivity index (χ2v) is 5.25. The van der Waals surface area contributed by atoms with Crippen LogP contribution in [0.15, 0.2) is 41.5 Å². The zero-order valence-corrected chi connectivity index (χ0v) is 12.8. The van der Waals surface area contributed by atoms with Gasteiger partial charge in [0.05, 0.1) is 6.54 Å². The summed E-state index contributed by atoms with van der Waals surface area (Å²) in [5, 5.41) is 2.93. The molecule has 0 fully saturated rings. The third-order valence-corrected chi connectivity index (χ3v) is 3.04. The summed E-state index contributed by atoms with van der Waals surface area (Å²) in [6.07, 6.45) is -3.36. The molecule has 0 radical (unpaired) electrons. The molecule has 1 aromatic carbocycles. The number of guanidine groups is 1. The van der Waals surface area contributed by atoms with E-state index in [0.29, 0.717) is 5.56 Å². The average molecular weight is 322 g/mol. The maximum atomic E-state index is 12.6. The maximum Gasteiger partial charge on any atom is 0.433 e. The molecule has 0 aliphatic rings. The summed E-state index contributed by atoms with van der Waals surface area (Å²) in [6.45, 7) is 3.96. The lowest BCUT2D eigenvalue weighted by Crippen LogP contribution is -2.22.